The van der Waals surface area contributed by atoms with E-state index < -0.39 is 11.8 Å². The van der Waals surface area contributed by atoms with Gasteiger partial charge in [-0.05, 0) is 42.5 Å². The molecule has 0 heterocycles. The smallest absolute Gasteiger partial charge is 0.314 e. The zero-order chi connectivity index (χ0) is 15.2. The van der Waals surface area contributed by atoms with E-state index in [1.54, 1.807) is 49.6 Å². The van der Waals surface area contributed by atoms with Crippen LogP contribution in [0.2, 0.25) is 0 Å². The minimum Gasteiger partial charge on any atom is -0.497 e. The molecule has 2 rings (SSSR count). The van der Waals surface area contributed by atoms with E-state index in [-0.39, 0.29) is 0 Å². The first-order valence-corrected chi connectivity index (χ1v) is 6.90. The van der Waals surface area contributed by atoms with E-state index in [1.807, 2.05) is 6.07 Å². The molecule has 2 aromatic rings. The van der Waals surface area contributed by atoms with Gasteiger partial charge in [0.25, 0.3) is 0 Å². The molecule has 6 heteroatoms. The number of hydrogen-bond acceptors (Lipinski definition) is 3. The van der Waals surface area contributed by atoms with Crippen molar-refractivity contribution in [3.05, 3.63) is 53.0 Å². The average molecular weight is 349 g/mol. The van der Waals surface area contributed by atoms with E-state index in [0.717, 1.165) is 4.47 Å². The number of carbonyl (C=O) groups is 2. The summed E-state index contributed by atoms with van der Waals surface area (Å²) in [4.78, 5) is 23.6. The van der Waals surface area contributed by atoms with Crippen LogP contribution in [0.25, 0.3) is 0 Å². The fourth-order valence-corrected chi connectivity index (χ4v) is 2.02. The largest absolute Gasteiger partial charge is 0.497 e. The molecule has 21 heavy (non-hydrogen) atoms. The monoisotopic (exact) mass is 348 g/mol. The van der Waals surface area contributed by atoms with Crippen molar-refractivity contribution < 1.29 is 14.3 Å². The Hall–Kier alpha value is -2.34. The summed E-state index contributed by atoms with van der Waals surface area (Å²) in [6.07, 6.45) is 0. The van der Waals surface area contributed by atoms with E-state index in [0.29, 0.717) is 17.1 Å². The number of carbonyl (C=O) groups excluding carboxylic acids is 2. The summed E-state index contributed by atoms with van der Waals surface area (Å²) >= 11 is 3.29. The molecule has 108 valence electrons. The molecule has 0 aliphatic heterocycles. The van der Waals surface area contributed by atoms with E-state index in [4.69, 9.17) is 4.74 Å². The number of anilines is 2. The highest BCUT2D eigenvalue weighted by atomic mass is 79.9. The van der Waals surface area contributed by atoms with Crippen molar-refractivity contribution in [1.29, 1.82) is 0 Å². The van der Waals surface area contributed by atoms with Gasteiger partial charge in [-0.2, -0.15) is 0 Å². The van der Waals surface area contributed by atoms with Gasteiger partial charge in [0.1, 0.15) is 5.75 Å². The number of methoxy groups -OCH3 is 1. The first-order chi connectivity index (χ1) is 10.1. The molecule has 2 amide bonds. The Morgan fingerprint density at radius 2 is 1.57 bits per heavy atom. The van der Waals surface area contributed by atoms with Gasteiger partial charge in [0, 0.05) is 15.8 Å². The number of benzene rings is 2. The minimum absolute atomic E-state index is 0.519. The van der Waals surface area contributed by atoms with Crippen molar-refractivity contribution in [1.82, 2.24) is 0 Å². The number of rotatable bonds is 3. The van der Waals surface area contributed by atoms with Gasteiger partial charge in [-0.1, -0.05) is 22.0 Å². The molecule has 0 unspecified atom stereocenters. The highest BCUT2D eigenvalue weighted by Gasteiger charge is 2.14. The van der Waals surface area contributed by atoms with Crippen molar-refractivity contribution in [2.75, 3.05) is 17.7 Å². The number of amides is 2. The zero-order valence-corrected chi connectivity index (χ0v) is 12.8. The molecule has 0 aliphatic carbocycles. The van der Waals surface area contributed by atoms with Gasteiger partial charge in [-0.3, -0.25) is 9.59 Å². The summed E-state index contributed by atoms with van der Waals surface area (Å²) in [5, 5.41) is 5.03. The molecule has 5 nitrogen and oxygen atoms in total. The number of nitrogens with one attached hydrogen (secondary N) is 2. The molecular formula is C15H13BrN2O3. The maximum atomic E-state index is 11.8. The van der Waals surface area contributed by atoms with Crippen LogP contribution in [-0.2, 0) is 9.59 Å². The first kappa shape index (κ1) is 15.1. The molecule has 0 spiro atoms. The Kier molecular flexibility index (Phi) is 4.94. The minimum atomic E-state index is -0.736. The van der Waals surface area contributed by atoms with Crippen LogP contribution in [0.3, 0.4) is 0 Å². The second-order valence-corrected chi connectivity index (χ2v) is 5.06. The number of ether oxygens (including phenoxy) is 1. The van der Waals surface area contributed by atoms with Crippen LogP contribution in [-0.4, -0.2) is 18.9 Å². The third-order valence-corrected chi connectivity index (χ3v) is 3.13. The lowest BCUT2D eigenvalue weighted by Crippen LogP contribution is -2.29. The van der Waals surface area contributed by atoms with Gasteiger partial charge >= 0.3 is 11.8 Å². The zero-order valence-electron chi connectivity index (χ0n) is 11.2. The van der Waals surface area contributed by atoms with Crippen LogP contribution in [0.5, 0.6) is 5.75 Å². The lowest BCUT2D eigenvalue weighted by atomic mass is 10.3. The van der Waals surface area contributed by atoms with Gasteiger partial charge in [-0.25, -0.2) is 0 Å². The number of hydrogen-bond donors (Lipinski definition) is 2. The lowest BCUT2D eigenvalue weighted by molar-refractivity contribution is -0.132. The molecule has 0 saturated heterocycles. The van der Waals surface area contributed by atoms with Crippen LogP contribution in [0.15, 0.2) is 53.0 Å². The average Bonchev–Trinajstić information content (AvgIpc) is 2.48. The van der Waals surface area contributed by atoms with E-state index in [9.17, 15) is 9.59 Å². The fraction of sp³-hybridized carbons (Fsp3) is 0.0667. The summed E-state index contributed by atoms with van der Waals surface area (Å²) < 4.78 is 5.83. The van der Waals surface area contributed by atoms with Gasteiger partial charge in [0.05, 0.1) is 7.11 Å². The van der Waals surface area contributed by atoms with Gasteiger partial charge in [0.15, 0.2) is 0 Å². The van der Waals surface area contributed by atoms with Crippen LogP contribution < -0.4 is 15.4 Å². The lowest BCUT2D eigenvalue weighted by Gasteiger charge is -2.07. The Morgan fingerprint density at radius 3 is 2.14 bits per heavy atom. The summed E-state index contributed by atoms with van der Waals surface area (Å²) in [5.74, 6) is -0.796. The molecule has 0 aromatic heterocycles. The second-order valence-electron chi connectivity index (χ2n) is 4.15. The van der Waals surface area contributed by atoms with Crippen molar-refractivity contribution in [2.24, 2.45) is 0 Å². The Balaban J connectivity index is 1.97. The second kappa shape index (κ2) is 6.90. The van der Waals surface area contributed by atoms with Crippen LogP contribution >= 0.6 is 15.9 Å². The topological polar surface area (TPSA) is 67.4 Å². The molecule has 0 aliphatic rings. The molecule has 0 radical (unpaired) electrons. The van der Waals surface area contributed by atoms with Crippen molar-refractivity contribution in [2.45, 2.75) is 0 Å². The van der Waals surface area contributed by atoms with Crippen molar-refractivity contribution >= 4 is 39.1 Å². The summed E-state index contributed by atoms with van der Waals surface area (Å²) in [5.41, 5.74) is 1.06. The fourth-order valence-electron chi connectivity index (χ4n) is 1.62. The van der Waals surface area contributed by atoms with Crippen molar-refractivity contribution in [3.8, 4) is 5.75 Å². The maximum absolute atomic E-state index is 11.8. The Bertz CT molecular complexity index is 656. The molecule has 0 bridgehead atoms. The van der Waals surface area contributed by atoms with Crippen LogP contribution in [0.1, 0.15) is 0 Å². The summed E-state index contributed by atoms with van der Waals surface area (Å²) in [7, 11) is 1.55. The van der Waals surface area contributed by atoms with E-state index in [2.05, 4.69) is 26.6 Å². The highest BCUT2D eigenvalue weighted by molar-refractivity contribution is 9.10. The Labute approximate surface area is 130 Å². The van der Waals surface area contributed by atoms with E-state index >= 15 is 0 Å². The summed E-state index contributed by atoms with van der Waals surface area (Å²) in [6.45, 7) is 0. The van der Waals surface area contributed by atoms with Gasteiger partial charge < -0.3 is 15.4 Å². The van der Waals surface area contributed by atoms with E-state index in [1.165, 1.54) is 0 Å². The SMILES string of the molecule is COc1ccc(NC(=O)C(=O)Nc2cccc(Br)c2)cc1. The molecule has 0 atom stereocenters. The van der Waals surface area contributed by atoms with Gasteiger partial charge in [0.2, 0.25) is 0 Å². The van der Waals surface area contributed by atoms with Crippen molar-refractivity contribution in [3.63, 3.8) is 0 Å². The molecule has 2 aromatic carbocycles. The van der Waals surface area contributed by atoms with Gasteiger partial charge in [-0.15, -0.1) is 0 Å². The predicted octanol–water partition coefficient (Wildman–Crippen LogP) is 3.03. The standard InChI is InChI=1S/C15H13BrN2O3/c1-21-13-7-5-11(6-8-13)17-14(19)15(20)18-12-4-2-3-10(16)9-12/h2-9H,1H3,(H,17,19)(H,18,20). The number of halogens is 1. The van der Waals surface area contributed by atoms with Crippen LogP contribution in [0.4, 0.5) is 11.4 Å². The predicted molar refractivity (Wildman–Crippen MR) is 84.4 cm³/mol. The molecule has 0 fully saturated rings. The molecule has 2 N–H and O–H groups in total. The first-order valence-electron chi connectivity index (χ1n) is 6.10. The molecular weight excluding hydrogens is 336 g/mol. The highest BCUT2D eigenvalue weighted by Crippen LogP contribution is 2.16. The quantitative estimate of drug-likeness (QED) is 0.837. The third kappa shape index (κ3) is 4.32. The summed E-state index contributed by atoms with van der Waals surface area (Å²) in [6, 6.07) is 13.7. The maximum Gasteiger partial charge on any atom is 0.314 e. The third-order valence-electron chi connectivity index (χ3n) is 2.64. The van der Waals surface area contributed by atoms with Crippen LogP contribution in [0, 0.1) is 0 Å². The normalized spacial score (nSPS) is 9.81. The molecule has 0 saturated carbocycles. The Morgan fingerprint density at radius 1 is 0.952 bits per heavy atom.